The van der Waals surface area contributed by atoms with Gasteiger partial charge in [-0.2, -0.15) is 5.26 Å². The van der Waals surface area contributed by atoms with E-state index in [1.54, 1.807) is 17.4 Å². The number of carbonyl (C=O) groups excluding carboxylic acids is 1. The fourth-order valence-electron chi connectivity index (χ4n) is 3.08. The molecule has 2 aromatic rings. The van der Waals surface area contributed by atoms with E-state index in [0.717, 1.165) is 51.3 Å². The van der Waals surface area contributed by atoms with E-state index in [9.17, 15) is 4.79 Å². The first kappa shape index (κ1) is 17.4. The Labute approximate surface area is 152 Å². The van der Waals surface area contributed by atoms with Crippen LogP contribution in [-0.4, -0.2) is 42.0 Å². The van der Waals surface area contributed by atoms with Crippen molar-refractivity contribution in [1.29, 1.82) is 5.26 Å². The summed E-state index contributed by atoms with van der Waals surface area (Å²) in [5.41, 5.74) is 0.434. The number of aryl methyl sites for hydroxylation is 1. The highest BCUT2D eigenvalue weighted by Crippen LogP contribution is 2.16. The van der Waals surface area contributed by atoms with Crippen molar-refractivity contribution in [3.05, 3.63) is 46.3 Å². The summed E-state index contributed by atoms with van der Waals surface area (Å²) in [6.45, 7) is 3.14. The highest BCUT2D eigenvalue weighted by Gasteiger charge is 2.19. The molecular formula is C19H22N4OS. The van der Waals surface area contributed by atoms with Gasteiger partial charge in [-0.25, -0.2) is 4.98 Å². The number of nitriles is 1. The average molecular weight is 354 g/mol. The predicted molar refractivity (Wildman–Crippen MR) is 99.6 cm³/mol. The first-order chi connectivity index (χ1) is 12.3. The van der Waals surface area contributed by atoms with Gasteiger partial charge in [0.2, 0.25) is 5.91 Å². The van der Waals surface area contributed by atoms with Crippen LogP contribution >= 0.6 is 11.3 Å². The summed E-state index contributed by atoms with van der Waals surface area (Å²) < 4.78 is 0. The molecule has 1 aliphatic heterocycles. The van der Waals surface area contributed by atoms with E-state index in [0.29, 0.717) is 12.1 Å². The van der Waals surface area contributed by atoms with Gasteiger partial charge in [-0.15, -0.1) is 11.3 Å². The summed E-state index contributed by atoms with van der Waals surface area (Å²) in [6.07, 6.45) is 3.43. The fraction of sp³-hybridized carbons (Fsp3) is 0.421. The molecule has 0 atom stereocenters. The third-order valence-corrected chi connectivity index (χ3v) is 5.35. The zero-order chi connectivity index (χ0) is 17.5. The molecule has 3 rings (SSSR count). The van der Waals surface area contributed by atoms with Gasteiger partial charge in [-0.05, 0) is 42.8 Å². The predicted octanol–water partition coefficient (Wildman–Crippen LogP) is 3.08. The third kappa shape index (κ3) is 4.80. The molecule has 25 heavy (non-hydrogen) atoms. The zero-order valence-electron chi connectivity index (χ0n) is 14.2. The highest BCUT2D eigenvalue weighted by molar-refractivity contribution is 7.09. The van der Waals surface area contributed by atoms with Crippen molar-refractivity contribution in [1.82, 2.24) is 9.88 Å². The Morgan fingerprint density at radius 3 is 2.92 bits per heavy atom. The van der Waals surface area contributed by atoms with E-state index >= 15 is 0 Å². The number of nitrogens with zero attached hydrogens (tertiary/aromatic N) is 4. The number of thiophene rings is 1. The number of aromatic nitrogens is 1. The van der Waals surface area contributed by atoms with Crippen LogP contribution in [0.2, 0.25) is 0 Å². The molecule has 0 spiro atoms. The SMILES string of the molecule is N#Cc1cccc(N2CCCN(C(=O)CCCc3cccs3)CC2)n1. The maximum atomic E-state index is 12.5. The van der Waals surface area contributed by atoms with Gasteiger partial charge in [0.05, 0.1) is 0 Å². The van der Waals surface area contributed by atoms with Crippen LogP contribution in [-0.2, 0) is 11.2 Å². The molecule has 1 saturated heterocycles. The number of anilines is 1. The monoisotopic (exact) mass is 354 g/mol. The van der Waals surface area contributed by atoms with Crippen LogP contribution in [0.25, 0.3) is 0 Å². The van der Waals surface area contributed by atoms with Gasteiger partial charge in [-0.1, -0.05) is 12.1 Å². The molecule has 3 heterocycles. The summed E-state index contributed by atoms with van der Waals surface area (Å²) in [5, 5.41) is 11.1. The molecule has 0 radical (unpaired) electrons. The van der Waals surface area contributed by atoms with Crippen LogP contribution in [0.3, 0.4) is 0 Å². The van der Waals surface area contributed by atoms with Crippen molar-refractivity contribution in [3.63, 3.8) is 0 Å². The van der Waals surface area contributed by atoms with Crippen LogP contribution in [0, 0.1) is 11.3 Å². The van der Waals surface area contributed by atoms with Crippen molar-refractivity contribution in [2.45, 2.75) is 25.7 Å². The molecule has 1 amide bonds. The molecule has 6 heteroatoms. The number of hydrogen-bond donors (Lipinski definition) is 0. The second kappa shape index (κ2) is 8.63. The molecule has 1 aliphatic rings. The van der Waals surface area contributed by atoms with Gasteiger partial charge in [0, 0.05) is 37.5 Å². The molecule has 0 saturated carbocycles. The van der Waals surface area contributed by atoms with Gasteiger partial charge in [-0.3, -0.25) is 4.79 Å². The zero-order valence-corrected chi connectivity index (χ0v) is 15.0. The molecule has 0 aromatic carbocycles. The lowest BCUT2D eigenvalue weighted by molar-refractivity contribution is -0.131. The summed E-state index contributed by atoms with van der Waals surface area (Å²) >= 11 is 1.75. The van der Waals surface area contributed by atoms with Crippen molar-refractivity contribution in [3.8, 4) is 6.07 Å². The number of rotatable bonds is 5. The first-order valence-corrected chi connectivity index (χ1v) is 9.56. The van der Waals surface area contributed by atoms with Crippen LogP contribution in [0.5, 0.6) is 0 Å². The Balaban J connectivity index is 1.50. The van der Waals surface area contributed by atoms with Crippen LogP contribution in [0.1, 0.15) is 29.8 Å². The van der Waals surface area contributed by atoms with Crippen LogP contribution in [0.15, 0.2) is 35.7 Å². The molecule has 5 nitrogen and oxygen atoms in total. The maximum absolute atomic E-state index is 12.5. The minimum absolute atomic E-state index is 0.247. The van der Waals surface area contributed by atoms with Gasteiger partial charge in [0.25, 0.3) is 0 Å². The molecular weight excluding hydrogens is 332 g/mol. The lowest BCUT2D eigenvalue weighted by Gasteiger charge is -2.23. The molecule has 2 aromatic heterocycles. The van der Waals surface area contributed by atoms with Gasteiger partial charge in [0.1, 0.15) is 17.6 Å². The van der Waals surface area contributed by atoms with Crippen LogP contribution in [0.4, 0.5) is 5.82 Å². The second-order valence-corrected chi connectivity index (χ2v) is 7.18. The summed E-state index contributed by atoms with van der Waals surface area (Å²) in [6, 6.07) is 11.8. The Morgan fingerprint density at radius 1 is 1.20 bits per heavy atom. The number of carbonyl (C=O) groups is 1. The first-order valence-electron chi connectivity index (χ1n) is 8.68. The molecule has 0 aliphatic carbocycles. The quantitative estimate of drug-likeness (QED) is 0.828. The standard InChI is InChI=1S/C19H22N4OS/c20-15-16-5-1-8-18(21-16)22-10-4-11-23(13-12-22)19(24)9-2-6-17-7-3-14-25-17/h1,3,5,7-8,14H,2,4,6,9-13H2. The number of pyridine rings is 1. The lowest BCUT2D eigenvalue weighted by atomic mass is 10.2. The Kier molecular flexibility index (Phi) is 6.02. The summed E-state index contributed by atoms with van der Waals surface area (Å²) in [4.78, 5) is 22.3. The largest absolute Gasteiger partial charge is 0.355 e. The van der Waals surface area contributed by atoms with E-state index in [2.05, 4.69) is 33.5 Å². The van der Waals surface area contributed by atoms with Gasteiger partial charge in [0.15, 0.2) is 0 Å². The van der Waals surface area contributed by atoms with E-state index in [1.165, 1.54) is 4.88 Å². The highest BCUT2D eigenvalue weighted by atomic mass is 32.1. The van der Waals surface area contributed by atoms with Gasteiger partial charge < -0.3 is 9.80 Å². The number of amides is 1. The van der Waals surface area contributed by atoms with E-state index in [4.69, 9.17) is 5.26 Å². The fourth-order valence-corrected chi connectivity index (χ4v) is 3.84. The minimum atomic E-state index is 0.247. The normalized spacial score (nSPS) is 14.8. The van der Waals surface area contributed by atoms with Crippen molar-refractivity contribution < 1.29 is 4.79 Å². The Bertz CT molecular complexity index is 738. The molecule has 0 bridgehead atoms. The van der Waals surface area contributed by atoms with Crippen molar-refractivity contribution in [2.24, 2.45) is 0 Å². The Hall–Kier alpha value is -2.39. The third-order valence-electron chi connectivity index (χ3n) is 4.42. The minimum Gasteiger partial charge on any atom is -0.355 e. The Morgan fingerprint density at radius 2 is 2.12 bits per heavy atom. The number of hydrogen-bond acceptors (Lipinski definition) is 5. The van der Waals surface area contributed by atoms with Crippen molar-refractivity contribution >= 4 is 23.1 Å². The van der Waals surface area contributed by atoms with E-state index in [-0.39, 0.29) is 5.91 Å². The molecule has 1 fully saturated rings. The molecule has 0 N–H and O–H groups in total. The maximum Gasteiger partial charge on any atom is 0.222 e. The van der Waals surface area contributed by atoms with Crippen LogP contribution < -0.4 is 4.90 Å². The summed E-state index contributed by atoms with van der Waals surface area (Å²) in [7, 11) is 0. The second-order valence-electron chi connectivity index (χ2n) is 6.15. The lowest BCUT2D eigenvalue weighted by Crippen LogP contribution is -2.35. The molecule has 0 unspecified atom stereocenters. The van der Waals surface area contributed by atoms with E-state index in [1.807, 2.05) is 17.0 Å². The van der Waals surface area contributed by atoms with E-state index < -0.39 is 0 Å². The molecule has 130 valence electrons. The topological polar surface area (TPSA) is 60.2 Å². The van der Waals surface area contributed by atoms with Gasteiger partial charge >= 0.3 is 0 Å². The van der Waals surface area contributed by atoms with Crippen molar-refractivity contribution in [2.75, 3.05) is 31.1 Å². The smallest absolute Gasteiger partial charge is 0.222 e. The summed E-state index contributed by atoms with van der Waals surface area (Å²) in [5.74, 6) is 1.07. The average Bonchev–Trinajstić information content (AvgIpc) is 3.03.